The molecular formula is C11H8N2O4S. The molecule has 2 aromatic rings. The van der Waals surface area contributed by atoms with Crippen molar-refractivity contribution in [3.05, 3.63) is 61.2 Å². The van der Waals surface area contributed by atoms with Crippen LogP contribution < -0.4 is 5.56 Å². The van der Waals surface area contributed by atoms with Crippen LogP contribution in [-0.4, -0.2) is 15.3 Å². The van der Waals surface area contributed by atoms with E-state index in [1.165, 1.54) is 11.3 Å². The Hall–Kier alpha value is -2.28. The Morgan fingerprint density at radius 3 is 2.78 bits per heavy atom. The van der Waals surface area contributed by atoms with Crippen molar-refractivity contribution in [2.75, 3.05) is 0 Å². The number of ketones is 1. The molecule has 0 spiro atoms. The van der Waals surface area contributed by atoms with Crippen molar-refractivity contribution in [3.63, 3.8) is 0 Å². The summed E-state index contributed by atoms with van der Waals surface area (Å²) in [6.07, 6.45) is 1.08. The zero-order valence-electron chi connectivity index (χ0n) is 9.11. The monoisotopic (exact) mass is 264 g/mol. The first-order valence-corrected chi connectivity index (χ1v) is 5.87. The van der Waals surface area contributed by atoms with Gasteiger partial charge in [-0.25, -0.2) is 0 Å². The summed E-state index contributed by atoms with van der Waals surface area (Å²) in [6.45, 7) is -0.193. The number of Topliss-reactive ketones (excluding diaryl/α,β-unsaturated/α-hetero) is 1. The minimum Gasteiger partial charge on any atom is -0.301 e. The van der Waals surface area contributed by atoms with Crippen LogP contribution in [0.3, 0.4) is 0 Å². The second-order valence-electron chi connectivity index (χ2n) is 3.51. The summed E-state index contributed by atoms with van der Waals surface area (Å²) in [5.41, 5.74) is -0.654. The molecule has 0 saturated carbocycles. The molecule has 2 aromatic heterocycles. The van der Waals surface area contributed by atoms with Gasteiger partial charge in [0.15, 0.2) is 5.78 Å². The summed E-state index contributed by atoms with van der Waals surface area (Å²) in [5, 5.41) is 12.3. The number of rotatable bonds is 4. The van der Waals surface area contributed by atoms with Crippen molar-refractivity contribution in [2.24, 2.45) is 0 Å². The van der Waals surface area contributed by atoms with Crippen LogP contribution in [0.1, 0.15) is 9.67 Å². The fraction of sp³-hybridized carbons (Fsp3) is 0.0909. The Morgan fingerprint density at radius 1 is 1.39 bits per heavy atom. The zero-order valence-corrected chi connectivity index (χ0v) is 9.92. The number of thiophene rings is 1. The van der Waals surface area contributed by atoms with Crippen molar-refractivity contribution in [1.29, 1.82) is 0 Å². The van der Waals surface area contributed by atoms with Crippen LogP contribution in [0.15, 0.2) is 40.6 Å². The highest BCUT2D eigenvalue weighted by atomic mass is 32.1. The van der Waals surface area contributed by atoms with Gasteiger partial charge in [0.05, 0.1) is 22.5 Å². The van der Waals surface area contributed by atoms with E-state index in [1.54, 1.807) is 17.5 Å². The summed E-state index contributed by atoms with van der Waals surface area (Å²) in [4.78, 5) is 33.8. The minimum atomic E-state index is -0.606. The maximum atomic E-state index is 11.8. The quantitative estimate of drug-likeness (QED) is 0.478. The Kier molecular flexibility index (Phi) is 3.33. The second kappa shape index (κ2) is 4.92. The van der Waals surface area contributed by atoms with Crippen LogP contribution in [0.5, 0.6) is 0 Å². The lowest BCUT2D eigenvalue weighted by Crippen LogP contribution is -2.23. The van der Waals surface area contributed by atoms with Gasteiger partial charge in [-0.1, -0.05) is 6.07 Å². The fourth-order valence-corrected chi connectivity index (χ4v) is 2.08. The lowest BCUT2D eigenvalue weighted by molar-refractivity contribution is -0.385. The Morgan fingerprint density at radius 2 is 2.17 bits per heavy atom. The molecule has 0 bridgehead atoms. The number of carbonyl (C=O) groups is 1. The van der Waals surface area contributed by atoms with Crippen LogP contribution in [0.4, 0.5) is 5.69 Å². The zero-order chi connectivity index (χ0) is 13.1. The Bertz CT molecular complexity index is 645. The molecule has 0 aliphatic carbocycles. The van der Waals surface area contributed by atoms with E-state index in [9.17, 15) is 19.7 Å². The van der Waals surface area contributed by atoms with Crippen LogP contribution in [0.2, 0.25) is 0 Å². The molecule has 0 saturated heterocycles. The average molecular weight is 264 g/mol. The molecule has 2 rings (SSSR count). The molecule has 2 heterocycles. The predicted molar refractivity (Wildman–Crippen MR) is 66.0 cm³/mol. The van der Waals surface area contributed by atoms with Gasteiger partial charge >= 0.3 is 0 Å². The normalized spacial score (nSPS) is 10.2. The molecular weight excluding hydrogens is 256 g/mol. The van der Waals surface area contributed by atoms with Crippen molar-refractivity contribution in [2.45, 2.75) is 6.54 Å². The van der Waals surface area contributed by atoms with Crippen LogP contribution >= 0.6 is 11.3 Å². The summed E-state index contributed by atoms with van der Waals surface area (Å²) in [6, 6.07) is 5.58. The number of nitrogens with zero attached hydrogens (tertiary/aromatic N) is 2. The van der Waals surface area contributed by atoms with Gasteiger partial charge in [-0.3, -0.25) is 19.7 Å². The number of pyridine rings is 1. The van der Waals surface area contributed by atoms with E-state index >= 15 is 0 Å². The van der Waals surface area contributed by atoms with Gasteiger partial charge < -0.3 is 4.57 Å². The molecule has 18 heavy (non-hydrogen) atoms. The molecule has 0 aliphatic rings. The van der Waals surface area contributed by atoms with Gasteiger partial charge in [0.2, 0.25) is 0 Å². The number of hydrogen-bond donors (Lipinski definition) is 0. The van der Waals surface area contributed by atoms with E-state index < -0.39 is 10.5 Å². The summed E-state index contributed by atoms with van der Waals surface area (Å²) in [7, 11) is 0. The highest BCUT2D eigenvalue weighted by molar-refractivity contribution is 7.12. The minimum absolute atomic E-state index is 0.193. The van der Waals surface area contributed by atoms with E-state index in [0.29, 0.717) is 4.88 Å². The maximum absolute atomic E-state index is 11.8. The number of carbonyl (C=O) groups excluding carboxylic acids is 1. The molecule has 0 atom stereocenters. The van der Waals surface area contributed by atoms with E-state index in [0.717, 1.165) is 22.9 Å². The molecule has 0 radical (unpaired) electrons. The van der Waals surface area contributed by atoms with Crippen LogP contribution in [0, 0.1) is 10.1 Å². The summed E-state index contributed by atoms with van der Waals surface area (Å²) < 4.78 is 1.04. The van der Waals surface area contributed by atoms with Gasteiger partial charge in [-0.05, 0) is 11.4 Å². The maximum Gasteiger partial charge on any atom is 0.285 e. The van der Waals surface area contributed by atoms with Crippen molar-refractivity contribution in [3.8, 4) is 0 Å². The molecule has 0 amide bonds. The van der Waals surface area contributed by atoms with E-state index in [2.05, 4.69) is 0 Å². The van der Waals surface area contributed by atoms with Gasteiger partial charge in [-0.2, -0.15) is 0 Å². The third-order valence-corrected chi connectivity index (χ3v) is 3.20. The molecule has 0 unspecified atom stereocenters. The highest BCUT2D eigenvalue weighted by Gasteiger charge is 2.12. The predicted octanol–water partition coefficient (Wildman–Crippen LogP) is 1.70. The van der Waals surface area contributed by atoms with Crippen molar-refractivity contribution < 1.29 is 9.72 Å². The Balaban J connectivity index is 2.29. The SMILES string of the molecule is O=C(Cn1cc([N+](=O)[O-])ccc1=O)c1cccs1. The Labute approximate surface area is 105 Å². The number of hydrogen-bond acceptors (Lipinski definition) is 5. The lowest BCUT2D eigenvalue weighted by atomic mass is 10.3. The topological polar surface area (TPSA) is 82.2 Å². The average Bonchev–Trinajstić information content (AvgIpc) is 2.85. The molecule has 6 nitrogen and oxygen atoms in total. The standard InChI is InChI=1S/C11H8N2O4S/c14-9(10-2-1-5-18-10)7-12-6-8(13(16)17)3-4-11(12)15/h1-6H,7H2. The van der Waals surface area contributed by atoms with Gasteiger partial charge in [0, 0.05) is 12.1 Å². The van der Waals surface area contributed by atoms with Crippen molar-refractivity contribution in [1.82, 2.24) is 4.57 Å². The first kappa shape index (κ1) is 12.2. The third-order valence-electron chi connectivity index (χ3n) is 2.29. The molecule has 92 valence electrons. The van der Waals surface area contributed by atoms with Gasteiger partial charge in [-0.15, -0.1) is 11.3 Å². The molecule has 0 aromatic carbocycles. The summed E-state index contributed by atoms with van der Waals surface area (Å²) >= 11 is 1.27. The van der Waals surface area contributed by atoms with Crippen molar-refractivity contribution >= 4 is 22.8 Å². The molecule has 0 aliphatic heterocycles. The van der Waals surface area contributed by atoms with Gasteiger partial charge in [0.1, 0.15) is 0 Å². The van der Waals surface area contributed by atoms with E-state index in [1.807, 2.05) is 0 Å². The third kappa shape index (κ3) is 2.51. The molecule has 0 fully saturated rings. The molecule has 0 N–H and O–H groups in total. The molecule has 7 heteroatoms. The first-order chi connectivity index (χ1) is 8.58. The van der Waals surface area contributed by atoms with Crippen LogP contribution in [0.25, 0.3) is 0 Å². The lowest BCUT2D eigenvalue weighted by Gasteiger charge is -2.02. The fourth-order valence-electron chi connectivity index (χ4n) is 1.42. The largest absolute Gasteiger partial charge is 0.301 e. The number of aromatic nitrogens is 1. The van der Waals surface area contributed by atoms with E-state index in [-0.39, 0.29) is 18.0 Å². The smallest absolute Gasteiger partial charge is 0.285 e. The summed E-state index contributed by atoms with van der Waals surface area (Å²) in [5.74, 6) is -0.243. The number of nitro groups is 1. The van der Waals surface area contributed by atoms with Gasteiger partial charge in [0.25, 0.3) is 11.2 Å². The second-order valence-corrected chi connectivity index (χ2v) is 4.46. The van der Waals surface area contributed by atoms with Crippen LogP contribution in [-0.2, 0) is 6.54 Å². The first-order valence-electron chi connectivity index (χ1n) is 4.99. The highest BCUT2D eigenvalue weighted by Crippen LogP contribution is 2.11. The van der Waals surface area contributed by atoms with E-state index in [4.69, 9.17) is 0 Å².